The van der Waals surface area contributed by atoms with Gasteiger partial charge in [0.05, 0.1) is 46.2 Å². The highest BCUT2D eigenvalue weighted by Gasteiger charge is 2.55. The quantitative estimate of drug-likeness (QED) is 0.0569. The second-order valence-corrected chi connectivity index (χ2v) is 15.9. The minimum atomic E-state index is -1.22. The van der Waals surface area contributed by atoms with Crippen LogP contribution in [0.15, 0.2) is 164 Å². The van der Waals surface area contributed by atoms with Crippen molar-refractivity contribution in [3.8, 4) is 0 Å². The van der Waals surface area contributed by atoms with Gasteiger partial charge in [0.2, 0.25) is 0 Å². The van der Waals surface area contributed by atoms with Gasteiger partial charge < -0.3 is 52.5 Å². The summed E-state index contributed by atoms with van der Waals surface area (Å²) in [5.74, 6) is 0. The summed E-state index contributed by atoms with van der Waals surface area (Å²) in [6, 6.07) is 49.5. The molecule has 1 unspecified atom stereocenters. The molecule has 5 aromatic rings. The molecule has 3 fully saturated rings. The van der Waals surface area contributed by atoms with Gasteiger partial charge in [-0.05, 0) is 35.1 Å². The number of hydrogen-bond acceptors (Lipinski definition) is 11. The van der Waals surface area contributed by atoms with Crippen molar-refractivity contribution in [1.82, 2.24) is 0 Å². The highest BCUT2D eigenvalue weighted by atomic mass is 16.8. The molecule has 0 aliphatic carbocycles. The largest absolute Gasteiger partial charge is 0.387 e. The van der Waals surface area contributed by atoms with Gasteiger partial charge in [-0.2, -0.15) is 0 Å². The van der Waals surface area contributed by atoms with E-state index >= 15 is 0 Å². The average molecular weight is 859 g/mol. The molecule has 1 N–H and O–H groups in total. The van der Waals surface area contributed by atoms with Crippen LogP contribution in [0.4, 0.5) is 0 Å². The number of unbranched alkanes of at least 4 members (excludes halogenated alkanes) is 1. The fourth-order valence-electron chi connectivity index (χ4n) is 8.06. The number of allylic oxidation sites excluding steroid dienone is 1. The van der Waals surface area contributed by atoms with Crippen molar-refractivity contribution in [3.63, 3.8) is 0 Å². The number of hydrogen-bond donors (Lipinski definition) is 1. The summed E-state index contributed by atoms with van der Waals surface area (Å²) in [7, 11) is 0. The van der Waals surface area contributed by atoms with Crippen molar-refractivity contribution in [2.75, 3.05) is 19.8 Å². The van der Waals surface area contributed by atoms with Gasteiger partial charge in [-0.25, -0.2) is 0 Å². The van der Waals surface area contributed by atoms with Crippen LogP contribution in [0.5, 0.6) is 0 Å². The predicted octanol–water partition coefficient (Wildman–Crippen LogP) is 8.25. The molecule has 0 spiro atoms. The summed E-state index contributed by atoms with van der Waals surface area (Å²) in [5.41, 5.74) is 4.75. The maximum atomic E-state index is 12.4. The van der Waals surface area contributed by atoms with Gasteiger partial charge in [0.1, 0.15) is 48.8 Å². The first-order chi connectivity index (χ1) is 31.1. The Morgan fingerprint density at radius 1 is 0.556 bits per heavy atom. The summed E-state index contributed by atoms with van der Waals surface area (Å²) in [6.45, 7) is 5.62. The first-order valence-electron chi connectivity index (χ1n) is 21.9. The molecule has 0 aromatic heterocycles. The van der Waals surface area contributed by atoms with Crippen LogP contribution in [0, 0.1) is 0 Å². The van der Waals surface area contributed by atoms with Gasteiger partial charge >= 0.3 is 0 Å². The average Bonchev–Trinajstić information content (AvgIpc) is 3.34. The van der Waals surface area contributed by atoms with Gasteiger partial charge in [-0.3, -0.25) is 0 Å². The van der Waals surface area contributed by atoms with E-state index in [1.54, 1.807) is 0 Å². The van der Waals surface area contributed by atoms with E-state index in [1.165, 1.54) is 0 Å². The van der Waals surface area contributed by atoms with Gasteiger partial charge in [0.25, 0.3) is 0 Å². The fourth-order valence-corrected chi connectivity index (χ4v) is 8.06. The van der Waals surface area contributed by atoms with Crippen LogP contribution in [-0.4, -0.2) is 86.3 Å². The predicted molar refractivity (Wildman–Crippen MR) is 235 cm³/mol. The molecule has 0 saturated carbocycles. The molecule has 3 saturated heterocycles. The summed E-state index contributed by atoms with van der Waals surface area (Å²) in [5, 5.41) is 12.4. The van der Waals surface area contributed by atoms with E-state index in [1.807, 2.05) is 158 Å². The molecule has 63 heavy (non-hydrogen) atoms. The lowest BCUT2D eigenvalue weighted by molar-refractivity contribution is -0.398. The third-order valence-corrected chi connectivity index (χ3v) is 11.3. The highest BCUT2D eigenvalue weighted by molar-refractivity contribution is 5.18. The molecular formula is C52H58O11. The second kappa shape index (κ2) is 23.4. The van der Waals surface area contributed by atoms with Crippen molar-refractivity contribution in [3.05, 3.63) is 192 Å². The Bertz CT molecular complexity index is 2040. The third kappa shape index (κ3) is 12.4. The fraction of sp³-hybridized carbons (Fsp3) is 0.385. The van der Waals surface area contributed by atoms with Crippen LogP contribution in [0.1, 0.15) is 46.9 Å². The first-order valence-corrected chi connectivity index (χ1v) is 21.9. The molecule has 5 aromatic carbocycles. The zero-order valence-corrected chi connectivity index (χ0v) is 35.5. The van der Waals surface area contributed by atoms with E-state index in [9.17, 15) is 5.11 Å². The Hall–Kier alpha value is -4.60. The molecule has 3 heterocycles. The summed E-state index contributed by atoms with van der Waals surface area (Å²) in [4.78, 5) is 0. The molecule has 3 aliphatic rings. The maximum Gasteiger partial charge on any atom is 0.187 e. The Morgan fingerprint density at radius 3 is 1.65 bits per heavy atom. The smallest absolute Gasteiger partial charge is 0.187 e. The van der Waals surface area contributed by atoms with Crippen molar-refractivity contribution in [1.29, 1.82) is 0 Å². The molecule has 11 atom stereocenters. The number of rotatable bonds is 21. The van der Waals surface area contributed by atoms with Gasteiger partial charge in [0.15, 0.2) is 18.9 Å². The number of benzene rings is 5. The molecule has 11 heteroatoms. The molecule has 3 aliphatic heterocycles. The lowest BCUT2D eigenvalue weighted by atomic mass is 9.96. The highest BCUT2D eigenvalue weighted by Crippen LogP contribution is 2.38. The molecule has 8 rings (SSSR count). The number of aliphatic hydroxyl groups is 1. The summed E-state index contributed by atoms with van der Waals surface area (Å²) >= 11 is 0. The van der Waals surface area contributed by atoms with Gasteiger partial charge in [-0.15, -0.1) is 6.58 Å². The van der Waals surface area contributed by atoms with Gasteiger partial charge in [-0.1, -0.05) is 158 Å². The van der Waals surface area contributed by atoms with Crippen LogP contribution in [0.2, 0.25) is 0 Å². The molecular weight excluding hydrogens is 801 g/mol. The Labute approximate surface area is 370 Å². The normalized spacial score (nSPS) is 28.2. The topological polar surface area (TPSA) is 113 Å². The summed E-state index contributed by atoms with van der Waals surface area (Å²) < 4.78 is 66.6. The molecule has 0 radical (unpaired) electrons. The summed E-state index contributed by atoms with van der Waals surface area (Å²) in [6.07, 6.45) is -6.31. The molecule has 332 valence electrons. The molecule has 0 amide bonds. The third-order valence-electron chi connectivity index (χ3n) is 11.3. The van der Waals surface area contributed by atoms with Crippen LogP contribution in [0.25, 0.3) is 0 Å². The van der Waals surface area contributed by atoms with Crippen LogP contribution >= 0.6 is 0 Å². The van der Waals surface area contributed by atoms with Crippen molar-refractivity contribution >= 4 is 0 Å². The van der Waals surface area contributed by atoms with E-state index in [-0.39, 0.29) is 33.0 Å². The number of aliphatic hydroxyl groups excluding tert-OH is 1. The monoisotopic (exact) mass is 858 g/mol. The van der Waals surface area contributed by atoms with Gasteiger partial charge in [0, 0.05) is 5.56 Å². The van der Waals surface area contributed by atoms with E-state index in [2.05, 4.69) is 6.58 Å². The Kier molecular flexibility index (Phi) is 16.7. The van der Waals surface area contributed by atoms with E-state index in [4.69, 9.17) is 47.4 Å². The Balaban J connectivity index is 1.13. The van der Waals surface area contributed by atoms with Crippen LogP contribution in [-0.2, 0) is 73.8 Å². The maximum absolute atomic E-state index is 12.4. The Morgan fingerprint density at radius 2 is 1.08 bits per heavy atom. The van der Waals surface area contributed by atoms with Crippen LogP contribution < -0.4 is 0 Å². The van der Waals surface area contributed by atoms with Crippen LogP contribution in [0.3, 0.4) is 0 Å². The second-order valence-electron chi connectivity index (χ2n) is 15.9. The standard InChI is InChI=1S/C52H58O11/c1-2-3-19-30-55-51-47(44(53)45-43(60-51)36-59-50(62-45)41-28-17-8-18-29-41)63-52-49(58-34-40-26-15-7-16-27-40)48(57-33-39-24-13-6-14-25-39)46(56-32-38-22-11-5-12-23-38)42(61-52)35-54-31-37-20-9-4-10-21-37/h2,4-18,20-29,42-53H,1,3,19,30-36H2/t42-,43-,44+,45+,46+,47-,48+,49-,50?,51-,52-/m1/s1. The zero-order valence-electron chi connectivity index (χ0n) is 35.5. The van der Waals surface area contributed by atoms with E-state index in [0.717, 1.165) is 34.2 Å². The molecule has 0 bridgehead atoms. The minimum Gasteiger partial charge on any atom is -0.387 e. The number of fused-ring (bicyclic) bond motifs is 1. The first kappa shape index (κ1) is 45.0. The lowest BCUT2D eigenvalue weighted by Crippen LogP contribution is -2.66. The van der Waals surface area contributed by atoms with Crippen molar-refractivity contribution in [2.24, 2.45) is 0 Å². The minimum absolute atomic E-state index is 0.139. The van der Waals surface area contributed by atoms with Crippen molar-refractivity contribution < 1.29 is 52.5 Å². The lowest BCUT2D eigenvalue weighted by Gasteiger charge is -2.50. The van der Waals surface area contributed by atoms with E-state index in [0.29, 0.717) is 19.6 Å². The van der Waals surface area contributed by atoms with Crippen molar-refractivity contribution in [2.45, 2.75) is 107 Å². The molecule has 11 nitrogen and oxygen atoms in total. The zero-order chi connectivity index (χ0) is 43.1. The number of ether oxygens (including phenoxy) is 10. The SMILES string of the molecule is C=CCCCO[C@@H]1O[C@@H]2COC(c3ccccc3)O[C@@H]2[C@H](O)[C@H]1O[C@H]1O[C@H](COCc2ccccc2)[C@H](OCc2ccccc2)[C@H](OCc2ccccc2)[C@H]1OCc1ccccc1. The van der Waals surface area contributed by atoms with E-state index < -0.39 is 67.7 Å².